The Morgan fingerprint density at radius 1 is 1.47 bits per heavy atom. The van der Waals surface area contributed by atoms with E-state index in [1.807, 2.05) is 0 Å². The number of nitrogens with one attached hydrogen (secondary N) is 1. The first-order valence-electron chi connectivity index (χ1n) is 5.82. The van der Waals surface area contributed by atoms with E-state index in [1.165, 1.54) is 12.8 Å². The zero-order valence-corrected chi connectivity index (χ0v) is 9.83. The Labute approximate surface area is 92.2 Å². The molecule has 1 amide bonds. The van der Waals surface area contributed by atoms with Crippen molar-refractivity contribution in [2.45, 2.75) is 32.7 Å². The molecule has 1 aliphatic rings. The summed E-state index contributed by atoms with van der Waals surface area (Å²) in [6, 6.07) is 0.564. The molecular weight excluding hydrogens is 190 g/mol. The van der Waals surface area contributed by atoms with E-state index in [-0.39, 0.29) is 5.91 Å². The van der Waals surface area contributed by atoms with Crippen LogP contribution in [0.15, 0.2) is 0 Å². The molecule has 0 atom stereocenters. The predicted molar refractivity (Wildman–Crippen MR) is 61.5 cm³/mol. The SMILES string of the molecule is CC(C)NCC1CCN(CC(N)=O)CC1. The summed E-state index contributed by atoms with van der Waals surface area (Å²) in [6.45, 7) is 7.87. The van der Waals surface area contributed by atoms with Crippen molar-refractivity contribution in [2.75, 3.05) is 26.2 Å². The average Bonchev–Trinajstić information content (AvgIpc) is 2.16. The smallest absolute Gasteiger partial charge is 0.231 e. The molecule has 4 heteroatoms. The van der Waals surface area contributed by atoms with Gasteiger partial charge in [-0.3, -0.25) is 9.69 Å². The fourth-order valence-corrected chi connectivity index (χ4v) is 1.97. The van der Waals surface area contributed by atoms with Crippen molar-refractivity contribution >= 4 is 5.91 Å². The molecule has 88 valence electrons. The summed E-state index contributed by atoms with van der Waals surface area (Å²) in [5.74, 6) is 0.547. The van der Waals surface area contributed by atoms with Gasteiger partial charge in [0.1, 0.15) is 0 Å². The van der Waals surface area contributed by atoms with E-state index in [1.54, 1.807) is 0 Å². The molecule has 3 N–H and O–H groups in total. The van der Waals surface area contributed by atoms with E-state index < -0.39 is 0 Å². The quantitative estimate of drug-likeness (QED) is 0.685. The van der Waals surface area contributed by atoms with E-state index >= 15 is 0 Å². The Balaban J connectivity index is 2.15. The molecule has 0 aliphatic carbocycles. The second-order valence-electron chi connectivity index (χ2n) is 4.75. The Morgan fingerprint density at radius 2 is 2.07 bits per heavy atom. The number of hydrogen-bond acceptors (Lipinski definition) is 3. The highest BCUT2D eigenvalue weighted by Crippen LogP contribution is 2.15. The number of nitrogens with zero attached hydrogens (tertiary/aromatic N) is 1. The van der Waals surface area contributed by atoms with Crippen LogP contribution in [0.2, 0.25) is 0 Å². The minimum Gasteiger partial charge on any atom is -0.369 e. The molecule has 0 aromatic carbocycles. The first-order chi connectivity index (χ1) is 7.08. The third-order valence-electron chi connectivity index (χ3n) is 2.90. The maximum atomic E-state index is 10.7. The molecule has 0 aromatic heterocycles. The first-order valence-corrected chi connectivity index (χ1v) is 5.82. The lowest BCUT2D eigenvalue weighted by molar-refractivity contribution is -0.119. The van der Waals surface area contributed by atoms with E-state index in [4.69, 9.17) is 5.73 Å². The number of rotatable bonds is 5. The molecule has 1 heterocycles. The van der Waals surface area contributed by atoms with Crippen LogP contribution in [0.4, 0.5) is 0 Å². The van der Waals surface area contributed by atoms with Crippen molar-refractivity contribution in [2.24, 2.45) is 11.7 Å². The summed E-state index contributed by atoms with van der Waals surface area (Å²) >= 11 is 0. The molecule has 15 heavy (non-hydrogen) atoms. The molecule has 0 saturated carbocycles. The third-order valence-corrected chi connectivity index (χ3v) is 2.90. The van der Waals surface area contributed by atoms with Crippen LogP contribution >= 0.6 is 0 Å². The highest BCUT2D eigenvalue weighted by atomic mass is 16.1. The van der Waals surface area contributed by atoms with Gasteiger partial charge in [-0.15, -0.1) is 0 Å². The second kappa shape index (κ2) is 6.08. The van der Waals surface area contributed by atoms with E-state index in [2.05, 4.69) is 24.1 Å². The van der Waals surface area contributed by atoms with Gasteiger partial charge in [-0.1, -0.05) is 13.8 Å². The molecule has 1 aliphatic heterocycles. The molecule has 4 nitrogen and oxygen atoms in total. The summed E-state index contributed by atoms with van der Waals surface area (Å²) < 4.78 is 0. The monoisotopic (exact) mass is 213 g/mol. The molecule has 0 unspecified atom stereocenters. The lowest BCUT2D eigenvalue weighted by Gasteiger charge is -2.31. The van der Waals surface area contributed by atoms with Crippen LogP contribution < -0.4 is 11.1 Å². The lowest BCUT2D eigenvalue weighted by atomic mass is 9.96. The van der Waals surface area contributed by atoms with Crippen LogP contribution in [0.25, 0.3) is 0 Å². The van der Waals surface area contributed by atoms with Gasteiger partial charge in [0, 0.05) is 6.04 Å². The fraction of sp³-hybridized carbons (Fsp3) is 0.909. The zero-order valence-electron chi connectivity index (χ0n) is 9.83. The van der Waals surface area contributed by atoms with Crippen molar-refractivity contribution in [3.63, 3.8) is 0 Å². The van der Waals surface area contributed by atoms with Crippen molar-refractivity contribution in [1.82, 2.24) is 10.2 Å². The average molecular weight is 213 g/mol. The van der Waals surface area contributed by atoms with Crippen LogP contribution in [0.5, 0.6) is 0 Å². The number of piperidine rings is 1. The highest BCUT2D eigenvalue weighted by Gasteiger charge is 2.19. The normalized spacial score (nSPS) is 19.7. The number of primary amides is 1. The van der Waals surface area contributed by atoms with Crippen molar-refractivity contribution in [3.8, 4) is 0 Å². The summed E-state index contributed by atoms with van der Waals surface area (Å²) in [6.07, 6.45) is 2.35. The summed E-state index contributed by atoms with van der Waals surface area (Å²) in [7, 11) is 0. The number of likely N-dealkylation sites (tertiary alicyclic amines) is 1. The van der Waals surface area contributed by atoms with Crippen LogP contribution in [0.1, 0.15) is 26.7 Å². The van der Waals surface area contributed by atoms with Gasteiger partial charge in [0.25, 0.3) is 0 Å². The molecule has 0 radical (unpaired) electrons. The molecule has 1 saturated heterocycles. The summed E-state index contributed by atoms with van der Waals surface area (Å²) in [5, 5.41) is 3.46. The van der Waals surface area contributed by atoms with Crippen LogP contribution in [0.3, 0.4) is 0 Å². The van der Waals surface area contributed by atoms with Gasteiger partial charge in [-0.25, -0.2) is 0 Å². The maximum absolute atomic E-state index is 10.7. The number of amides is 1. The minimum absolute atomic E-state index is 0.214. The number of carbonyl (C=O) groups excluding carboxylic acids is 1. The summed E-state index contributed by atoms with van der Waals surface area (Å²) in [5.41, 5.74) is 5.16. The third kappa shape index (κ3) is 5.14. The predicted octanol–water partition coefficient (Wildman–Crippen LogP) is 0.182. The minimum atomic E-state index is -0.214. The maximum Gasteiger partial charge on any atom is 0.231 e. The van der Waals surface area contributed by atoms with Crippen molar-refractivity contribution in [3.05, 3.63) is 0 Å². The van der Waals surface area contributed by atoms with Crippen molar-refractivity contribution < 1.29 is 4.79 Å². The molecule has 0 aromatic rings. The van der Waals surface area contributed by atoms with Crippen molar-refractivity contribution in [1.29, 1.82) is 0 Å². The Hall–Kier alpha value is -0.610. The lowest BCUT2D eigenvalue weighted by Crippen LogP contribution is -2.42. The molecule has 1 rings (SSSR count). The van der Waals surface area contributed by atoms with Gasteiger partial charge >= 0.3 is 0 Å². The Kier molecular flexibility index (Phi) is 5.05. The van der Waals surface area contributed by atoms with Gasteiger partial charge in [-0.2, -0.15) is 0 Å². The van der Waals surface area contributed by atoms with Crippen LogP contribution in [-0.2, 0) is 4.79 Å². The first kappa shape index (κ1) is 12.5. The van der Waals surface area contributed by atoms with E-state index in [0.717, 1.165) is 25.6 Å². The van der Waals surface area contributed by atoms with Gasteiger partial charge in [0.2, 0.25) is 5.91 Å². The number of hydrogen-bond donors (Lipinski definition) is 2. The van der Waals surface area contributed by atoms with Gasteiger partial charge in [0.15, 0.2) is 0 Å². The molecular formula is C11H23N3O. The van der Waals surface area contributed by atoms with Gasteiger partial charge < -0.3 is 11.1 Å². The number of nitrogens with two attached hydrogens (primary N) is 1. The second-order valence-corrected chi connectivity index (χ2v) is 4.75. The van der Waals surface area contributed by atoms with Gasteiger partial charge in [0.05, 0.1) is 6.54 Å². The standard InChI is InChI=1S/C11H23N3O/c1-9(2)13-7-10-3-5-14(6-4-10)8-11(12)15/h9-10,13H,3-8H2,1-2H3,(H2,12,15). The fourth-order valence-electron chi connectivity index (χ4n) is 1.97. The number of carbonyl (C=O) groups is 1. The largest absolute Gasteiger partial charge is 0.369 e. The Bertz CT molecular complexity index is 198. The zero-order chi connectivity index (χ0) is 11.3. The van der Waals surface area contributed by atoms with E-state index in [9.17, 15) is 4.79 Å². The van der Waals surface area contributed by atoms with Crippen LogP contribution in [-0.4, -0.2) is 43.0 Å². The molecule has 0 bridgehead atoms. The van der Waals surface area contributed by atoms with Crippen LogP contribution in [0, 0.1) is 5.92 Å². The van der Waals surface area contributed by atoms with Gasteiger partial charge in [-0.05, 0) is 38.4 Å². The molecule has 0 spiro atoms. The molecule has 1 fully saturated rings. The summed E-state index contributed by atoms with van der Waals surface area (Å²) in [4.78, 5) is 12.9. The highest BCUT2D eigenvalue weighted by molar-refractivity contribution is 5.75. The topological polar surface area (TPSA) is 58.4 Å². The van der Waals surface area contributed by atoms with E-state index in [0.29, 0.717) is 12.6 Å². The Morgan fingerprint density at radius 3 is 2.53 bits per heavy atom.